The van der Waals surface area contributed by atoms with Gasteiger partial charge in [0.15, 0.2) is 0 Å². The van der Waals surface area contributed by atoms with E-state index in [1.165, 1.54) is 18.3 Å². The van der Waals surface area contributed by atoms with Gasteiger partial charge < -0.3 is 5.41 Å². The summed E-state index contributed by atoms with van der Waals surface area (Å²) in [4.78, 5) is 0. The molecule has 10 heavy (non-hydrogen) atoms. The molecule has 0 aliphatic carbocycles. The van der Waals surface area contributed by atoms with E-state index in [0.29, 0.717) is 0 Å². The third-order valence-corrected chi connectivity index (χ3v) is 1.39. The van der Waals surface area contributed by atoms with Crippen LogP contribution in [0.15, 0.2) is 18.2 Å². The lowest BCUT2D eigenvalue weighted by Gasteiger charge is -1.96. The maximum absolute atomic E-state index is 12.4. The molecule has 1 aromatic carbocycles. The summed E-state index contributed by atoms with van der Waals surface area (Å²) in [5.74, 6) is -0.247. The first-order valence-electron chi connectivity index (χ1n) is 3.00. The molecule has 0 unspecified atom stereocenters. The minimum Gasteiger partial charge on any atom is -0.308 e. The van der Waals surface area contributed by atoms with Crippen molar-refractivity contribution in [1.29, 1.82) is 5.41 Å². The highest BCUT2D eigenvalue weighted by atomic mass is 19.1. The van der Waals surface area contributed by atoms with Crippen LogP contribution in [0.3, 0.4) is 0 Å². The van der Waals surface area contributed by atoms with Gasteiger partial charge in [0.1, 0.15) is 5.82 Å². The fourth-order valence-corrected chi connectivity index (χ4v) is 0.801. The number of rotatable bonds is 1. The van der Waals surface area contributed by atoms with Gasteiger partial charge in [-0.05, 0) is 30.2 Å². The molecule has 0 radical (unpaired) electrons. The topological polar surface area (TPSA) is 23.9 Å². The van der Waals surface area contributed by atoms with E-state index in [1.54, 1.807) is 13.0 Å². The molecule has 1 rings (SSSR count). The third-order valence-electron chi connectivity index (χ3n) is 1.39. The Morgan fingerprint density at radius 1 is 1.50 bits per heavy atom. The maximum atomic E-state index is 12.4. The highest BCUT2D eigenvalue weighted by Crippen LogP contribution is 2.06. The normalized spacial score (nSPS) is 9.40. The Hall–Kier alpha value is -1.18. The molecule has 2 heteroatoms. The van der Waals surface area contributed by atoms with E-state index < -0.39 is 0 Å². The Morgan fingerprint density at radius 3 is 2.70 bits per heavy atom. The molecule has 52 valence electrons. The molecule has 0 spiro atoms. The van der Waals surface area contributed by atoms with Crippen LogP contribution in [0.25, 0.3) is 0 Å². The minimum absolute atomic E-state index is 0.247. The molecule has 1 aromatic rings. The number of hydrogen-bond donors (Lipinski definition) is 1. The number of nitrogens with one attached hydrogen (secondary N) is 1. The zero-order valence-corrected chi connectivity index (χ0v) is 5.69. The largest absolute Gasteiger partial charge is 0.308 e. The van der Waals surface area contributed by atoms with Gasteiger partial charge in [-0.25, -0.2) is 4.39 Å². The fraction of sp³-hybridized carbons (Fsp3) is 0.125. The molecule has 0 atom stereocenters. The first-order valence-corrected chi connectivity index (χ1v) is 3.00. The van der Waals surface area contributed by atoms with Crippen molar-refractivity contribution in [3.63, 3.8) is 0 Å². The average Bonchev–Trinajstić information content (AvgIpc) is 1.88. The lowest BCUT2D eigenvalue weighted by atomic mass is 10.1. The van der Waals surface area contributed by atoms with E-state index in [-0.39, 0.29) is 5.82 Å². The first kappa shape index (κ1) is 6.93. The van der Waals surface area contributed by atoms with Gasteiger partial charge in [0.05, 0.1) is 0 Å². The van der Waals surface area contributed by atoms with Crippen LogP contribution in [0.2, 0.25) is 0 Å². The standard InChI is InChI=1S/C8H8FN/c1-6-4-8(9)3-2-7(6)5-10/h2-5,10H,1H3. The summed E-state index contributed by atoms with van der Waals surface area (Å²) in [6.07, 6.45) is 1.22. The van der Waals surface area contributed by atoms with Crippen LogP contribution in [0.1, 0.15) is 11.1 Å². The van der Waals surface area contributed by atoms with Gasteiger partial charge in [0.2, 0.25) is 0 Å². The van der Waals surface area contributed by atoms with Crippen molar-refractivity contribution in [2.75, 3.05) is 0 Å². The van der Waals surface area contributed by atoms with E-state index in [2.05, 4.69) is 0 Å². The van der Waals surface area contributed by atoms with Gasteiger partial charge >= 0.3 is 0 Å². The van der Waals surface area contributed by atoms with Crippen LogP contribution in [0.4, 0.5) is 4.39 Å². The Kier molecular flexibility index (Phi) is 1.81. The van der Waals surface area contributed by atoms with Gasteiger partial charge in [-0.2, -0.15) is 0 Å². The highest BCUT2D eigenvalue weighted by molar-refractivity contribution is 5.78. The molecule has 0 saturated heterocycles. The number of benzene rings is 1. The summed E-state index contributed by atoms with van der Waals surface area (Å²) in [7, 11) is 0. The van der Waals surface area contributed by atoms with Gasteiger partial charge in [-0.15, -0.1) is 0 Å². The minimum atomic E-state index is -0.247. The predicted molar refractivity (Wildman–Crippen MR) is 39.0 cm³/mol. The van der Waals surface area contributed by atoms with E-state index in [4.69, 9.17) is 5.41 Å². The third kappa shape index (κ3) is 1.21. The van der Waals surface area contributed by atoms with E-state index >= 15 is 0 Å². The number of hydrogen-bond acceptors (Lipinski definition) is 1. The molecule has 0 aliphatic heterocycles. The summed E-state index contributed by atoms with van der Waals surface area (Å²) >= 11 is 0. The van der Waals surface area contributed by atoms with Crippen LogP contribution < -0.4 is 0 Å². The van der Waals surface area contributed by atoms with Crippen LogP contribution in [0.5, 0.6) is 0 Å². The highest BCUT2D eigenvalue weighted by Gasteiger charge is 1.94. The maximum Gasteiger partial charge on any atom is 0.123 e. The summed E-state index contributed by atoms with van der Waals surface area (Å²) in [5, 5.41) is 6.91. The summed E-state index contributed by atoms with van der Waals surface area (Å²) in [5.41, 5.74) is 1.57. The van der Waals surface area contributed by atoms with Crippen molar-refractivity contribution in [2.24, 2.45) is 0 Å². The molecular formula is C8H8FN. The predicted octanol–water partition coefficient (Wildman–Crippen LogP) is 2.13. The smallest absolute Gasteiger partial charge is 0.123 e. The Morgan fingerprint density at radius 2 is 2.20 bits per heavy atom. The molecule has 0 heterocycles. The van der Waals surface area contributed by atoms with E-state index in [1.807, 2.05) is 0 Å². The molecular weight excluding hydrogens is 129 g/mol. The lowest BCUT2D eigenvalue weighted by Crippen LogP contribution is -1.86. The molecule has 1 N–H and O–H groups in total. The summed E-state index contributed by atoms with van der Waals surface area (Å²) < 4.78 is 12.4. The summed E-state index contributed by atoms with van der Waals surface area (Å²) in [6, 6.07) is 4.37. The molecule has 0 fully saturated rings. The Labute approximate surface area is 59.0 Å². The van der Waals surface area contributed by atoms with Crippen LogP contribution in [0, 0.1) is 18.2 Å². The van der Waals surface area contributed by atoms with Crippen molar-refractivity contribution < 1.29 is 4.39 Å². The molecule has 0 saturated carbocycles. The van der Waals surface area contributed by atoms with E-state index in [0.717, 1.165) is 11.1 Å². The molecule has 1 nitrogen and oxygen atoms in total. The van der Waals surface area contributed by atoms with Gasteiger partial charge in [0.25, 0.3) is 0 Å². The Bertz CT molecular complexity index is 255. The molecule has 0 aliphatic rings. The van der Waals surface area contributed by atoms with Crippen molar-refractivity contribution in [3.05, 3.63) is 35.1 Å². The second kappa shape index (κ2) is 2.60. The van der Waals surface area contributed by atoms with Crippen LogP contribution >= 0.6 is 0 Å². The second-order valence-electron chi connectivity index (χ2n) is 2.15. The molecule has 0 bridgehead atoms. The average molecular weight is 137 g/mol. The second-order valence-corrected chi connectivity index (χ2v) is 2.15. The van der Waals surface area contributed by atoms with Crippen molar-refractivity contribution in [1.82, 2.24) is 0 Å². The van der Waals surface area contributed by atoms with Crippen molar-refractivity contribution in [2.45, 2.75) is 6.92 Å². The van der Waals surface area contributed by atoms with E-state index in [9.17, 15) is 4.39 Å². The van der Waals surface area contributed by atoms with Gasteiger partial charge in [-0.3, -0.25) is 0 Å². The summed E-state index contributed by atoms with van der Waals surface area (Å²) in [6.45, 7) is 1.78. The first-order chi connectivity index (χ1) is 4.74. The van der Waals surface area contributed by atoms with Crippen LogP contribution in [-0.2, 0) is 0 Å². The van der Waals surface area contributed by atoms with Crippen molar-refractivity contribution >= 4 is 6.21 Å². The lowest BCUT2D eigenvalue weighted by molar-refractivity contribution is 0.626. The fourth-order valence-electron chi connectivity index (χ4n) is 0.801. The zero-order chi connectivity index (χ0) is 7.56. The Balaban J connectivity index is 3.19. The van der Waals surface area contributed by atoms with Gasteiger partial charge in [-0.1, -0.05) is 6.07 Å². The van der Waals surface area contributed by atoms with Gasteiger partial charge in [0, 0.05) is 6.21 Å². The zero-order valence-electron chi connectivity index (χ0n) is 5.69. The number of aryl methyl sites for hydroxylation is 1. The quantitative estimate of drug-likeness (QED) is 0.573. The SMILES string of the molecule is Cc1cc(F)ccc1C=N. The van der Waals surface area contributed by atoms with Crippen molar-refractivity contribution in [3.8, 4) is 0 Å². The molecule has 0 aromatic heterocycles. The monoisotopic (exact) mass is 137 g/mol. The van der Waals surface area contributed by atoms with Crippen LogP contribution in [-0.4, -0.2) is 6.21 Å². The number of halogens is 1. The molecule has 0 amide bonds.